The second-order valence-electron chi connectivity index (χ2n) is 6.06. The van der Waals surface area contributed by atoms with Crippen LogP contribution in [-0.4, -0.2) is 35.6 Å². The molecule has 1 saturated carbocycles. The number of rotatable bonds is 5. The molecular weight excluding hydrogens is 232 g/mol. The van der Waals surface area contributed by atoms with E-state index in [1.807, 2.05) is 20.8 Å². The third kappa shape index (κ3) is 5.04. The molecule has 2 unspecified atom stereocenters. The summed E-state index contributed by atoms with van der Waals surface area (Å²) in [5.41, 5.74) is -0.226. The highest BCUT2D eigenvalue weighted by atomic mass is 16.4. The number of carboxylic acid groups (broad SMARTS) is 1. The molecule has 1 rings (SSSR count). The van der Waals surface area contributed by atoms with Crippen molar-refractivity contribution in [2.24, 2.45) is 11.8 Å². The number of carboxylic acids is 1. The van der Waals surface area contributed by atoms with Crippen LogP contribution in [0.2, 0.25) is 0 Å². The molecule has 0 aromatic heterocycles. The molecule has 5 heteroatoms. The predicted octanol–water partition coefficient (Wildman–Crippen LogP) is 0.992. The average molecular weight is 256 g/mol. The lowest BCUT2D eigenvalue weighted by Gasteiger charge is -2.21. The van der Waals surface area contributed by atoms with Crippen LogP contribution in [-0.2, 0) is 9.59 Å². The van der Waals surface area contributed by atoms with E-state index in [1.54, 1.807) is 0 Å². The van der Waals surface area contributed by atoms with E-state index in [4.69, 9.17) is 5.11 Å². The largest absolute Gasteiger partial charge is 0.481 e. The van der Waals surface area contributed by atoms with Crippen LogP contribution in [0.1, 0.15) is 40.0 Å². The molecule has 1 amide bonds. The van der Waals surface area contributed by atoms with Gasteiger partial charge in [0.2, 0.25) is 5.91 Å². The highest BCUT2D eigenvalue weighted by Gasteiger charge is 2.32. The number of nitrogens with one attached hydrogen (secondary N) is 2. The van der Waals surface area contributed by atoms with Gasteiger partial charge in [0.15, 0.2) is 0 Å². The minimum Gasteiger partial charge on any atom is -0.481 e. The van der Waals surface area contributed by atoms with Gasteiger partial charge >= 0.3 is 5.97 Å². The lowest BCUT2D eigenvalue weighted by atomic mass is 9.96. The summed E-state index contributed by atoms with van der Waals surface area (Å²) in [5.74, 6) is -0.848. The minimum atomic E-state index is -0.710. The average Bonchev–Trinajstić information content (AvgIpc) is 2.62. The summed E-state index contributed by atoms with van der Waals surface area (Å²) in [6.45, 7) is 6.65. The Kier molecular flexibility index (Phi) is 5.14. The van der Waals surface area contributed by atoms with Crippen LogP contribution in [0.5, 0.6) is 0 Å². The highest BCUT2D eigenvalue weighted by molar-refractivity contribution is 5.78. The van der Waals surface area contributed by atoms with Crippen molar-refractivity contribution in [2.45, 2.75) is 45.6 Å². The van der Waals surface area contributed by atoms with Gasteiger partial charge in [-0.25, -0.2) is 0 Å². The Morgan fingerprint density at radius 2 is 1.94 bits per heavy atom. The molecule has 104 valence electrons. The number of aliphatic carboxylic acids is 1. The maximum absolute atomic E-state index is 11.6. The lowest BCUT2D eigenvalue weighted by molar-refractivity contribution is -0.142. The summed E-state index contributed by atoms with van der Waals surface area (Å²) in [6.07, 6.45) is 2.66. The van der Waals surface area contributed by atoms with E-state index in [0.717, 1.165) is 19.3 Å². The summed E-state index contributed by atoms with van der Waals surface area (Å²) in [7, 11) is 0. The number of hydrogen-bond donors (Lipinski definition) is 3. The molecule has 0 heterocycles. The predicted molar refractivity (Wildman–Crippen MR) is 69.2 cm³/mol. The molecule has 0 radical (unpaired) electrons. The summed E-state index contributed by atoms with van der Waals surface area (Å²) >= 11 is 0. The topological polar surface area (TPSA) is 78.4 Å². The third-order valence-electron chi connectivity index (χ3n) is 3.18. The molecule has 18 heavy (non-hydrogen) atoms. The van der Waals surface area contributed by atoms with E-state index in [0.29, 0.717) is 6.54 Å². The van der Waals surface area contributed by atoms with Gasteiger partial charge in [0.05, 0.1) is 12.5 Å². The molecule has 0 aliphatic heterocycles. The van der Waals surface area contributed by atoms with E-state index in [9.17, 15) is 9.59 Å². The Hall–Kier alpha value is -1.10. The third-order valence-corrected chi connectivity index (χ3v) is 3.18. The molecule has 1 aliphatic rings. The first kappa shape index (κ1) is 15.0. The molecule has 1 fully saturated rings. The summed E-state index contributed by atoms with van der Waals surface area (Å²) in [4.78, 5) is 22.5. The van der Waals surface area contributed by atoms with Crippen LogP contribution in [0.4, 0.5) is 0 Å². The molecular formula is C13H24N2O3. The number of hydrogen-bond acceptors (Lipinski definition) is 3. The number of amides is 1. The van der Waals surface area contributed by atoms with E-state index < -0.39 is 5.97 Å². The first-order valence-electron chi connectivity index (χ1n) is 6.54. The van der Waals surface area contributed by atoms with E-state index >= 15 is 0 Å². The highest BCUT2D eigenvalue weighted by Crippen LogP contribution is 2.31. The van der Waals surface area contributed by atoms with Gasteiger partial charge in [-0.1, -0.05) is 6.42 Å². The van der Waals surface area contributed by atoms with Gasteiger partial charge in [-0.3, -0.25) is 9.59 Å². The molecule has 1 aliphatic carbocycles. The van der Waals surface area contributed by atoms with Crippen molar-refractivity contribution < 1.29 is 14.7 Å². The second kappa shape index (κ2) is 6.18. The molecule has 5 nitrogen and oxygen atoms in total. The summed E-state index contributed by atoms with van der Waals surface area (Å²) in [6, 6.07) is 0. The van der Waals surface area contributed by atoms with Crippen molar-refractivity contribution in [1.82, 2.24) is 10.6 Å². The normalized spacial score (nSPS) is 23.9. The van der Waals surface area contributed by atoms with Crippen molar-refractivity contribution in [3.8, 4) is 0 Å². The zero-order valence-corrected chi connectivity index (χ0v) is 11.5. The number of carbonyl (C=O) groups excluding carboxylic acids is 1. The number of carbonyl (C=O) groups is 2. The Bertz CT molecular complexity index is 310. The van der Waals surface area contributed by atoms with E-state index in [2.05, 4.69) is 10.6 Å². The fourth-order valence-electron chi connectivity index (χ4n) is 2.44. The van der Waals surface area contributed by atoms with Crippen LogP contribution in [0, 0.1) is 11.8 Å². The van der Waals surface area contributed by atoms with Gasteiger partial charge in [-0.15, -0.1) is 0 Å². The van der Waals surface area contributed by atoms with Crippen molar-refractivity contribution in [3.05, 3.63) is 0 Å². The first-order chi connectivity index (χ1) is 8.29. The molecule has 0 aromatic carbocycles. The van der Waals surface area contributed by atoms with Crippen LogP contribution in [0.15, 0.2) is 0 Å². The van der Waals surface area contributed by atoms with Crippen LogP contribution in [0.25, 0.3) is 0 Å². The Morgan fingerprint density at radius 3 is 2.50 bits per heavy atom. The van der Waals surface area contributed by atoms with Crippen molar-refractivity contribution >= 4 is 11.9 Å². The first-order valence-corrected chi connectivity index (χ1v) is 6.54. The monoisotopic (exact) mass is 256 g/mol. The zero-order chi connectivity index (χ0) is 13.8. The summed E-state index contributed by atoms with van der Waals surface area (Å²) in [5, 5.41) is 15.0. The van der Waals surface area contributed by atoms with Crippen molar-refractivity contribution in [2.75, 3.05) is 13.1 Å². The minimum absolute atomic E-state index is 0.0487. The SMILES string of the molecule is CC(C)(C)NC(=O)CNCC1CCCC1C(=O)O. The Balaban J connectivity index is 2.25. The van der Waals surface area contributed by atoms with E-state index in [1.165, 1.54) is 0 Å². The second-order valence-corrected chi connectivity index (χ2v) is 6.06. The maximum Gasteiger partial charge on any atom is 0.306 e. The molecule has 0 saturated heterocycles. The van der Waals surface area contributed by atoms with Crippen LogP contribution >= 0.6 is 0 Å². The molecule has 0 aromatic rings. The molecule has 2 atom stereocenters. The fourth-order valence-corrected chi connectivity index (χ4v) is 2.44. The smallest absolute Gasteiger partial charge is 0.306 e. The van der Waals surface area contributed by atoms with Gasteiger partial charge < -0.3 is 15.7 Å². The van der Waals surface area contributed by atoms with Gasteiger partial charge in [-0.05, 0) is 46.1 Å². The van der Waals surface area contributed by atoms with Gasteiger partial charge in [0.1, 0.15) is 0 Å². The van der Waals surface area contributed by atoms with Gasteiger partial charge in [-0.2, -0.15) is 0 Å². The standard InChI is InChI=1S/C13H24N2O3/c1-13(2,3)15-11(16)8-14-7-9-5-4-6-10(9)12(17)18/h9-10,14H,4-8H2,1-3H3,(H,15,16)(H,17,18). The van der Waals surface area contributed by atoms with Crippen molar-refractivity contribution in [3.63, 3.8) is 0 Å². The van der Waals surface area contributed by atoms with Crippen LogP contribution in [0.3, 0.4) is 0 Å². The van der Waals surface area contributed by atoms with Gasteiger partial charge in [0.25, 0.3) is 0 Å². The van der Waals surface area contributed by atoms with Crippen molar-refractivity contribution in [1.29, 1.82) is 0 Å². The molecule has 0 bridgehead atoms. The lowest BCUT2D eigenvalue weighted by Crippen LogP contribution is -2.45. The fraction of sp³-hybridized carbons (Fsp3) is 0.846. The Morgan fingerprint density at radius 1 is 1.28 bits per heavy atom. The molecule has 3 N–H and O–H groups in total. The zero-order valence-electron chi connectivity index (χ0n) is 11.5. The Labute approximate surface area is 108 Å². The summed E-state index contributed by atoms with van der Waals surface area (Å²) < 4.78 is 0. The quantitative estimate of drug-likeness (QED) is 0.685. The van der Waals surface area contributed by atoms with E-state index in [-0.39, 0.29) is 29.8 Å². The maximum atomic E-state index is 11.6. The molecule has 0 spiro atoms. The van der Waals surface area contributed by atoms with Gasteiger partial charge in [0, 0.05) is 5.54 Å². The van der Waals surface area contributed by atoms with Crippen LogP contribution < -0.4 is 10.6 Å².